The smallest absolute Gasteiger partial charge is 0.268 e. The molecule has 1 amide bonds. The number of carbonyl (C=O) groups is 1. The predicted molar refractivity (Wildman–Crippen MR) is 116 cm³/mol. The van der Waals surface area contributed by atoms with Crippen molar-refractivity contribution in [3.05, 3.63) is 77.3 Å². The molecule has 0 spiro atoms. The molecule has 1 aliphatic rings. The maximum atomic E-state index is 12.7. The summed E-state index contributed by atoms with van der Waals surface area (Å²) < 4.78 is 7.92. The van der Waals surface area contributed by atoms with Gasteiger partial charge in [0.2, 0.25) is 0 Å². The number of fused-ring (bicyclic) bond motifs is 2. The molecule has 3 heterocycles. The number of aromatic nitrogens is 3. The standard InChI is InChI=1S/C23H19ClN4O2/c1-28-20-5-3-2-4-14(20)11-21(28)23(29)27-12-17-9-16-8-15(10-18(24)22(16)30-17)19-13-25-6-7-26-19/h2-8,10-11,13,17H,9,12H2,1H3,(H,27,29)/t17-/m1/s1. The van der Waals surface area contributed by atoms with E-state index in [1.54, 1.807) is 18.6 Å². The minimum absolute atomic E-state index is 0.125. The zero-order chi connectivity index (χ0) is 20.7. The SMILES string of the molecule is Cn1c(C(=O)NC[C@H]2Cc3cc(-c4cnccn4)cc(Cl)c3O2)cc2ccccc21. The highest BCUT2D eigenvalue weighted by atomic mass is 35.5. The number of nitrogens with one attached hydrogen (secondary N) is 1. The minimum atomic E-state index is -0.173. The van der Waals surface area contributed by atoms with Gasteiger partial charge in [0.15, 0.2) is 0 Å². The molecular formula is C23H19ClN4O2. The van der Waals surface area contributed by atoms with Crippen molar-refractivity contribution in [1.29, 1.82) is 0 Å². The third-order valence-corrected chi connectivity index (χ3v) is 5.67. The molecule has 2 aromatic carbocycles. The zero-order valence-electron chi connectivity index (χ0n) is 16.3. The van der Waals surface area contributed by atoms with E-state index in [1.165, 1.54) is 0 Å². The number of benzene rings is 2. The van der Waals surface area contributed by atoms with Gasteiger partial charge in [0.25, 0.3) is 5.91 Å². The lowest BCUT2D eigenvalue weighted by atomic mass is 10.0. The molecule has 0 radical (unpaired) electrons. The maximum Gasteiger partial charge on any atom is 0.268 e. The quantitative estimate of drug-likeness (QED) is 0.543. The van der Waals surface area contributed by atoms with Crippen molar-refractivity contribution in [2.45, 2.75) is 12.5 Å². The van der Waals surface area contributed by atoms with Gasteiger partial charge in [0.05, 0.1) is 23.5 Å². The van der Waals surface area contributed by atoms with E-state index in [0.29, 0.717) is 29.4 Å². The molecule has 1 aliphatic heterocycles. The second-order valence-electron chi connectivity index (χ2n) is 7.34. The molecule has 30 heavy (non-hydrogen) atoms. The number of amides is 1. The van der Waals surface area contributed by atoms with Gasteiger partial charge in [-0.1, -0.05) is 29.8 Å². The van der Waals surface area contributed by atoms with E-state index in [1.807, 2.05) is 54.1 Å². The average molecular weight is 419 g/mol. The fourth-order valence-electron chi connectivity index (χ4n) is 3.90. The van der Waals surface area contributed by atoms with Crippen LogP contribution in [0.4, 0.5) is 0 Å². The summed E-state index contributed by atoms with van der Waals surface area (Å²) in [7, 11) is 1.90. The number of hydrogen-bond acceptors (Lipinski definition) is 4. The fraction of sp³-hybridized carbons (Fsp3) is 0.174. The molecule has 2 aromatic heterocycles. The molecule has 0 saturated carbocycles. The highest BCUT2D eigenvalue weighted by molar-refractivity contribution is 6.32. The molecule has 7 heteroatoms. The summed E-state index contributed by atoms with van der Waals surface area (Å²) in [5.74, 6) is 0.549. The van der Waals surface area contributed by atoms with Crippen molar-refractivity contribution >= 4 is 28.4 Å². The van der Waals surface area contributed by atoms with Gasteiger partial charge in [0.1, 0.15) is 17.5 Å². The Morgan fingerprint density at radius 2 is 2.13 bits per heavy atom. The Kier molecular flexibility index (Phi) is 4.64. The van der Waals surface area contributed by atoms with Gasteiger partial charge < -0.3 is 14.6 Å². The fourth-order valence-corrected chi connectivity index (χ4v) is 4.18. The average Bonchev–Trinajstić information content (AvgIpc) is 3.34. The number of ether oxygens (including phenoxy) is 1. The molecule has 0 bridgehead atoms. The third-order valence-electron chi connectivity index (χ3n) is 5.39. The Bertz CT molecular complexity index is 1250. The Labute approximate surface area is 178 Å². The molecule has 6 nitrogen and oxygen atoms in total. The highest BCUT2D eigenvalue weighted by Gasteiger charge is 2.27. The van der Waals surface area contributed by atoms with Gasteiger partial charge in [-0.25, -0.2) is 0 Å². The second kappa shape index (κ2) is 7.46. The Morgan fingerprint density at radius 1 is 1.27 bits per heavy atom. The summed E-state index contributed by atoms with van der Waals surface area (Å²) in [6.07, 6.45) is 5.48. The van der Waals surface area contributed by atoms with Gasteiger partial charge in [-0.2, -0.15) is 0 Å². The molecule has 1 N–H and O–H groups in total. The summed E-state index contributed by atoms with van der Waals surface area (Å²) in [6.45, 7) is 0.395. The summed E-state index contributed by atoms with van der Waals surface area (Å²) in [4.78, 5) is 21.2. The maximum absolute atomic E-state index is 12.7. The van der Waals surface area contributed by atoms with Crippen LogP contribution >= 0.6 is 11.6 Å². The lowest BCUT2D eigenvalue weighted by molar-refractivity contribution is 0.0926. The summed E-state index contributed by atoms with van der Waals surface area (Å²) in [6, 6.07) is 13.7. The number of carbonyl (C=O) groups excluding carboxylic acids is 1. The minimum Gasteiger partial charge on any atom is -0.486 e. The van der Waals surface area contributed by atoms with E-state index in [-0.39, 0.29) is 12.0 Å². The van der Waals surface area contributed by atoms with Gasteiger partial charge in [-0.05, 0) is 24.3 Å². The zero-order valence-corrected chi connectivity index (χ0v) is 17.1. The Balaban J connectivity index is 1.30. The third kappa shape index (κ3) is 3.29. The lowest BCUT2D eigenvalue weighted by Gasteiger charge is -2.13. The van der Waals surface area contributed by atoms with Crippen molar-refractivity contribution in [1.82, 2.24) is 19.9 Å². The first kappa shape index (κ1) is 18.6. The largest absolute Gasteiger partial charge is 0.486 e. The first-order chi connectivity index (χ1) is 14.6. The van der Waals surface area contributed by atoms with E-state index in [0.717, 1.165) is 27.7 Å². The number of hydrogen-bond donors (Lipinski definition) is 1. The van der Waals surface area contributed by atoms with Gasteiger partial charge in [-0.15, -0.1) is 0 Å². The van der Waals surface area contributed by atoms with Crippen LogP contribution in [0.2, 0.25) is 5.02 Å². The van der Waals surface area contributed by atoms with Crippen LogP contribution in [-0.2, 0) is 13.5 Å². The van der Waals surface area contributed by atoms with Gasteiger partial charge in [-0.3, -0.25) is 14.8 Å². The van der Waals surface area contributed by atoms with E-state index < -0.39 is 0 Å². The summed E-state index contributed by atoms with van der Waals surface area (Å²) in [5, 5.41) is 4.57. The Morgan fingerprint density at radius 3 is 2.93 bits per heavy atom. The number of rotatable bonds is 4. The number of para-hydroxylation sites is 1. The van der Waals surface area contributed by atoms with E-state index >= 15 is 0 Å². The number of nitrogens with zero attached hydrogens (tertiary/aromatic N) is 3. The van der Waals surface area contributed by atoms with Crippen molar-refractivity contribution < 1.29 is 9.53 Å². The van der Waals surface area contributed by atoms with Crippen LogP contribution in [-0.4, -0.2) is 33.1 Å². The van der Waals surface area contributed by atoms with E-state index in [4.69, 9.17) is 16.3 Å². The van der Waals surface area contributed by atoms with Crippen molar-refractivity contribution in [3.8, 4) is 17.0 Å². The topological polar surface area (TPSA) is 69.0 Å². The molecule has 0 fully saturated rings. The van der Waals surface area contributed by atoms with Crippen LogP contribution in [0.5, 0.6) is 5.75 Å². The number of aryl methyl sites for hydroxylation is 1. The normalized spacial score (nSPS) is 15.1. The van der Waals surface area contributed by atoms with Crippen LogP contribution in [0, 0.1) is 0 Å². The van der Waals surface area contributed by atoms with Crippen molar-refractivity contribution in [2.24, 2.45) is 7.05 Å². The monoisotopic (exact) mass is 418 g/mol. The van der Waals surface area contributed by atoms with Gasteiger partial charge in [0, 0.05) is 47.9 Å². The molecule has 0 unspecified atom stereocenters. The summed E-state index contributed by atoms with van der Waals surface area (Å²) in [5.41, 5.74) is 4.31. The molecule has 4 aromatic rings. The van der Waals surface area contributed by atoms with Crippen LogP contribution < -0.4 is 10.1 Å². The number of halogens is 1. The Hall–Kier alpha value is -3.38. The molecule has 5 rings (SSSR count). The van der Waals surface area contributed by atoms with Crippen LogP contribution in [0.3, 0.4) is 0 Å². The lowest BCUT2D eigenvalue weighted by Crippen LogP contribution is -2.35. The van der Waals surface area contributed by atoms with Crippen molar-refractivity contribution in [2.75, 3.05) is 6.54 Å². The van der Waals surface area contributed by atoms with Crippen LogP contribution in [0.15, 0.2) is 61.1 Å². The molecule has 0 aliphatic carbocycles. The molecule has 0 saturated heterocycles. The summed E-state index contributed by atoms with van der Waals surface area (Å²) >= 11 is 6.45. The van der Waals surface area contributed by atoms with E-state index in [2.05, 4.69) is 15.3 Å². The van der Waals surface area contributed by atoms with Crippen molar-refractivity contribution in [3.63, 3.8) is 0 Å². The second-order valence-corrected chi connectivity index (χ2v) is 7.75. The van der Waals surface area contributed by atoms with Gasteiger partial charge >= 0.3 is 0 Å². The van der Waals surface area contributed by atoms with E-state index in [9.17, 15) is 4.79 Å². The first-order valence-electron chi connectivity index (χ1n) is 9.68. The van der Waals surface area contributed by atoms with Crippen LogP contribution in [0.1, 0.15) is 16.1 Å². The molecule has 1 atom stereocenters. The first-order valence-corrected chi connectivity index (χ1v) is 10.1. The molecular weight excluding hydrogens is 400 g/mol. The highest BCUT2D eigenvalue weighted by Crippen LogP contribution is 2.39. The van der Waals surface area contributed by atoms with Crippen LogP contribution in [0.25, 0.3) is 22.2 Å². The molecule has 150 valence electrons. The predicted octanol–water partition coefficient (Wildman–Crippen LogP) is 4.02.